The van der Waals surface area contributed by atoms with Crippen molar-refractivity contribution in [3.8, 4) is 0 Å². The van der Waals surface area contributed by atoms with Gasteiger partial charge in [-0.3, -0.25) is 4.90 Å². The molecule has 1 atom stereocenters. The van der Waals surface area contributed by atoms with Crippen LogP contribution in [-0.2, 0) is 6.54 Å². The van der Waals surface area contributed by atoms with Gasteiger partial charge in [0.25, 0.3) is 0 Å². The number of nitrogens with two attached hydrogens (primary N) is 2. The van der Waals surface area contributed by atoms with Crippen LogP contribution in [0.5, 0.6) is 0 Å². The topological polar surface area (TPSA) is 93.1 Å². The van der Waals surface area contributed by atoms with Crippen molar-refractivity contribution in [3.63, 3.8) is 0 Å². The zero-order valence-corrected chi connectivity index (χ0v) is 15.0. The number of rotatable bonds is 4. The van der Waals surface area contributed by atoms with E-state index in [0.29, 0.717) is 17.4 Å². The number of aromatic nitrogens is 2. The maximum absolute atomic E-state index is 13.2. The molecule has 6 nitrogen and oxygen atoms in total. The number of nitrogens with one attached hydrogen (secondary N) is 1. The molecule has 2 heterocycles. The molecule has 1 aromatic carbocycles. The predicted octanol–water partition coefficient (Wildman–Crippen LogP) is 3.16. The van der Waals surface area contributed by atoms with E-state index >= 15 is 0 Å². The van der Waals surface area contributed by atoms with Crippen LogP contribution in [0.1, 0.15) is 18.4 Å². The Labute approximate surface area is 155 Å². The first-order valence-corrected chi connectivity index (χ1v) is 8.69. The van der Waals surface area contributed by atoms with Gasteiger partial charge in [0.2, 0.25) is 5.95 Å². The van der Waals surface area contributed by atoms with Gasteiger partial charge in [-0.2, -0.15) is 9.97 Å². The van der Waals surface area contributed by atoms with E-state index in [-0.39, 0.29) is 28.6 Å². The van der Waals surface area contributed by atoms with Crippen molar-refractivity contribution in [1.29, 1.82) is 0 Å². The van der Waals surface area contributed by atoms with Crippen molar-refractivity contribution < 1.29 is 4.39 Å². The van der Waals surface area contributed by atoms with E-state index in [1.165, 1.54) is 12.1 Å². The highest BCUT2D eigenvalue weighted by Crippen LogP contribution is 2.27. The highest BCUT2D eigenvalue weighted by atomic mass is 35.5. The second-order valence-electron chi connectivity index (χ2n) is 6.09. The number of nitrogens with zero attached hydrogens (tertiary/aromatic N) is 3. The first kappa shape index (κ1) is 18.0. The van der Waals surface area contributed by atoms with E-state index in [4.69, 9.17) is 34.7 Å². The van der Waals surface area contributed by atoms with Crippen molar-refractivity contribution in [2.45, 2.75) is 25.4 Å². The van der Waals surface area contributed by atoms with Gasteiger partial charge < -0.3 is 16.8 Å². The second-order valence-corrected chi connectivity index (χ2v) is 6.85. The Hall–Kier alpha value is -1.83. The second kappa shape index (κ2) is 7.59. The highest BCUT2D eigenvalue weighted by molar-refractivity contribution is 6.32. The molecule has 134 valence electrons. The smallest absolute Gasteiger partial charge is 0.223 e. The van der Waals surface area contributed by atoms with Gasteiger partial charge in [-0.1, -0.05) is 29.3 Å². The average Bonchev–Trinajstić information content (AvgIpc) is 2.55. The largest absolute Gasteiger partial charge is 0.393 e. The van der Waals surface area contributed by atoms with Gasteiger partial charge in [-0.05, 0) is 37.1 Å². The summed E-state index contributed by atoms with van der Waals surface area (Å²) in [4.78, 5) is 10.2. The summed E-state index contributed by atoms with van der Waals surface area (Å²) in [7, 11) is 0. The minimum Gasteiger partial charge on any atom is -0.393 e. The lowest BCUT2D eigenvalue weighted by Gasteiger charge is -2.33. The summed E-state index contributed by atoms with van der Waals surface area (Å²) < 4.78 is 13.2. The minimum atomic E-state index is -0.333. The van der Waals surface area contributed by atoms with Gasteiger partial charge in [0, 0.05) is 24.2 Å². The van der Waals surface area contributed by atoms with Crippen LogP contribution in [0, 0.1) is 5.82 Å². The molecule has 0 amide bonds. The van der Waals surface area contributed by atoms with Crippen LogP contribution in [-0.4, -0.2) is 34.0 Å². The van der Waals surface area contributed by atoms with Gasteiger partial charge in [0.05, 0.1) is 0 Å². The predicted molar refractivity (Wildman–Crippen MR) is 99.2 cm³/mol. The standard InChI is InChI=1S/C16H19Cl2FN6/c17-12-6-10(19)4-3-9(12)7-25-5-1-2-11(8-25)22-15-13(20)14(18)23-16(21)24-15/h3-4,6,11H,1-2,5,7-8,20H2,(H3,21,22,23,24). The molecule has 9 heteroatoms. The molecule has 1 saturated heterocycles. The molecule has 0 bridgehead atoms. The van der Waals surface area contributed by atoms with E-state index in [1.807, 2.05) is 0 Å². The molecule has 1 aromatic heterocycles. The molecule has 1 fully saturated rings. The summed E-state index contributed by atoms with van der Waals surface area (Å²) >= 11 is 12.1. The van der Waals surface area contributed by atoms with Crippen LogP contribution in [0.15, 0.2) is 18.2 Å². The normalized spacial score (nSPS) is 18.3. The SMILES string of the molecule is Nc1nc(Cl)c(N)c(NC2CCCN(Cc3ccc(F)cc3Cl)C2)n1. The van der Waals surface area contributed by atoms with Crippen LogP contribution in [0.2, 0.25) is 10.2 Å². The molecule has 0 spiro atoms. The summed E-state index contributed by atoms with van der Waals surface area (Å²) in [6.45, 7) is 2.36. The number of hydrogen-bond acceptors (Lipinski definition) is 6. The Morgan fingerprint density at radius 3 is 2.84 bits per heavy atom. The third-order valence-corrected chi connectivity index (χ3v) is 4.81. The maximum atomic E-state index is 13.2. The Morgan fingerprint density at radius 1 is 1.28 bits per heavy atom. The molecular formula is C16H19Cl2FN6. The zero-order valence-electron chi connectivity index (χ0n) is 13.5. The molecule has 25 heavy (non-hydrogen) atoms. The lowest BCUT2D eigenvalue weighted by Crippen LogP contribution is -2.42. The summed E-state index contributed by atoms with van der Waals surface area (Å²) in [5.41, 5.74) is 12.7. The number of benzene rings is 1. The Kier molecular flexibility index (Phi) is 5.46. The first-order chi connectivity index (χ1) is 11.9. The molecule has 0 saturated carbocycles. The summed E-state index contributed by atoms with van der Waals surface area (Å²) in [6, 6.07) is 4.62. The van der Waals surface area contributed by atoms with Gasteiger partial charge in [-0.15, -0.1) is 0 Å². The zero-order chi connectivity index (χ0) is 18.0. The Balaban J connectivity index is 1.67. The lowest BCUT2D eigenvalue weighted by atomic mass is 10.0. The lowest BCUT2D eigenvalue weighted by molar-refractivity contribution is 0.208. The number of halogens is 3. The fourth-order valence-electron chi connectivity index (χ4n) is 2.97. The molecule has 5 N–H and O–H groups in total. The molecule has 0 radical (unpaired) electrons. The molecule has 1 aliphatic rings. The number of likely N-dealkylation sites (tertiary alicyclic amines) is 1. The van der Waals surface area contributed by atoms with Crippen LogP contribution in [0.25, 0.3) is 0 Å². The highest BCUT2D eigenvalue weighted by Gasteiger charge is 2.22. The summed E-state index contributed by atoms with van der Waals surface area (Å²) in [5, 5.41) is 3.87. The van der Waals surface area contributed by atoms with Crippen molar-refractivity contribution in [2.24, 2.45) is 0 Å². The van der Waals surface area contributed by atoms with Crippen molar-refractivity contribution in [1.82, 2.24) is 14.9 Å². The number of nitrogen functional groups attached to an aromatic ring is 2. The van der Waals surface area contributed by atoms with E-state index in [1.54, 1.807) is 6.07 Å². The van der Waals surface area contributed by atoms with Crippen molar-refractivity contribution in [3.05, 3.63) is 39.8 Å². The molecular weight excluding hydrogens is 366 g/mol. The Bertz CT molecular complexity index is 773. The fourth-order valence-corrected chi connectivity index (χ4v) is 3.37. The molecule has 3 rings (SSSR count). The van der Waals surface area contributed by atoms with E-state index < -0.39 is 0 Å². The Morgan fingerprint density at radius 2 is 2.08 bits per heavy atom. The van der Waals surface area contributed by atoms with Gasteiger partial charge >= 0.3 is 0 Å². The van der Waals surface area contributed by atoms with Crippen LogP contribution in [0.3, 0.4) is 0 Å². The first-order valence-electron chi connectivity index (χ1n) is 7.93. The van der Waals surface area contributed by atoms with Gasteiger partial charge in [0.15, 0.2) is 11.0 Å². The van der Waals surface area contributed by atoms with Crippen LogP contribution >= 0.6 is 23.2 Å². The fraction of sp³-hybridized carbons (Fsp3) is 0.375. The van der Waals surface area contributed by atoms with E-state index in [0.717, 1.165) is 31.5 Å². The minimum absolute atomic E-state index is 0.0764. The third kappa shape index (κ3) is 4.42. The van der Waals surface area contributed by atoms with Crippen molar-refractivity contribution in [2.75, 3.05) is 29.9 Å². The van der Waals surface area contributed by atoms with Crippen LogP contribution < -0.4 is 16.8 Å². The molecule has 2 aromatic rings. The number of anilines is 3. The molecule has 0 aliphatic carbocycles. The van der Waals surface area contributed by atoms with Crippen molar-refractivity contribution >= 4 is 40.7 Å². The monoisotopic (exact) mass is 384 g/mol. The number of piperidine rings is 1. The summed E-state index contributed by atoms with van der Waals surface area (Å²) in [6.07, 6.45) is 1.97. The van der Waals surface area contributed by atoms with Gasteiger partial charge in [0.1, 0.15) is 11.5 Å². The quantitative estimate of drug-likeness (QED) is 0.701. The van der Waals surface area contributed by atoms with E-state index in [2.05, 4.69) is 20.2 Å². The third-order valence-electron chi connectivity index (χ3n) is 4.17. The summed E-state index contributed by atoms with van der Waals surface area (Å²) in [5.74, 6) is 0.192. The molecule has 1 aliphatic heterocycles. The molecule has 1 unspecified atom stereocenters. The van der Waals surface area contributed by atoms with E-state index in [9.17, 15) is 4.39 Å². The van der Waals surface area contributed by atoms with Gasteiger partial charge in [-0.25, -0.2) is 4.39 Å². The average molecular weight is 385 g/mol. The number of hydrogen-bond donors (Lipinski definition) is 3. The van der Waals surface area contributed by atoms with Crippen LogP contribution in [0.4, 0.5) is 21.8 Å². The maximum Gasteiger partial charge on any atom is 0.223 e.